The minimum absolute atomic E-state index is 0.0938. The molecular formula is C26H32F3N5O. The quantitative estimate of drug-likeness (QED) is 0.647. The highest BCUT2D eigenvalue weighted by atomic mass is 19.4. The third-order valence-electron chi connectivity index (χ3n) is 7.61. The first kappa shape index (κ1) is 24.0. The molecule has 0 spiro atoms. The lowest BCUT2D eigenvalue weighted by Gasteiger charge is -2.41. The van der Waals surface area contributed by atoms with Crippen molar-refractivity contribution in [3.05, 3.63) is 36.0 Å². The summed E-state index contributed by atoms with van der Waals surface area (Å²) in [7, 11) is 1.67. The summed E-state index contributed by atoms with van der Waals surface area (Å²) in [6.07, 6.45) is 2.98. The summed E-state index contributed by atoms with van der Waals surface area (Å²) in [5, 5.41) is 3.78. The predicted octanol–water partition coefficient (Wildman–Crippen LogP) is 4.03. The smallest absolute Gasteiger partial charge is 0.368 e. The van der Waals surface area contributed by atoms with Crippen LogP contribution in [-0.4, -0.2) is 73.5 Å². The molecule has 1 amide bonds. The number of halogens is 3. The van der Waals surface area contributed by atoms with Gasteiger partial charge in [0.05, 0.1) is 11.4 Å². The van der Waals surface area contributed by atoms with Gasteiger partial charge in [0.2, 0.25) is 5.91 Å². The van der Waals surface area contributed by atoms with Crippen molar-refractivity contribution in [2.75, 3.05) is 38.1 Å². The van der Waals surface area contributed by atoms with Crippen molar-refractivity contribution in [2.45, 2.75) is 50.4 Å². The fraction of sp³-hybridized carbons (Fsp3) is 0.577. The fourth-order valence-electron chi connectivity index (χ4n) is 5.62. The van der Waals surface area contributed by atoms with Gasteiger partial charge in [0, 0.05) is 67.2 Å². The molecule has 9 heteroatoms. The molecule has 1 aromatic carbocycles. The van der Waals surface area contributed by atoms with E-state index < -0.39 is 18.1 Å². The molecule has 1 aromatic heterocycles. The average molecular weight is 488 g/mol. The van der Waals surface area contributed by atoms with Gasteiger partial charge in [0.25, 0.3) is 0 Å². The number of carbonyl (C=O) groups excluding carboxylic acids is 1. The van der Waals surface area contributed by atoms with Gasteiger partial charge in [0.1, 0.15) is 0 Å². The molecule has 2 atom stereocenters. The number of likely N-dealkylation sites (tertiary alicyclic amines) is 1. The van der Waals surface area contributed by atoms with Gasteiger partial charge in [-0.2, -0.15) is 13.2 Å². The molecule has 1 N–H and O–H groups in total. The van der Waals surface area contributed by atoms with Crippen LogP contribution >= 0.6 is 0 Å². The molecule has 3 heterocycles. The normalized spacial score (nSPS) is 24.9. The van der Waals surface area contributed by atoms with Crippen LogP contribution in [0, 0.1) is 11.8 Å². The SMILES string of the molecule is CN=Cc1ccc(N2C[C@H](NC(=O)C3CCN(C4CC4)CC3)C[C@H](C(F)(F)F)C2)c2cccnc12. The van der Waals surface area contributed by atoms with Crippen molar-refractivity contribution in [2.24, 2.45) is 16.8 Å². The minimum Gasteiger partial charge on any atom is -0.368 e. The highest BCUT2D eigenvalue weighted by Gasteiger charge is 2.45. The Hall–Kier alpha value is -2.68. The molecule has 0 radical (unpaired) electrons. The molecule has 1 saturated carbocycles. The highest BCUT2D eigenvalue weighted by molar-refractivity contribution is 6.03. The summed E-state index contributed by atoms with van der Waals surface area (Å²) < 4.78 is 41.8. The molecule has 35 heavy (non-hydrogen) atoms. The number of fused-ring (bicyclic) bond motifs is 1. The summed E-state index contributed by atoms with van der Waals surface area (Å²) in [5.41, 5.74) is 2.22. The van der Waals surface area contributed by atoms with Gasteiger partial charge in [-0.05, 0) is 69.5 Å². The van der Waals surface area contributed by atoms with Crippen molar-refractivity contribution < 1.29 is 18.0 Å². The number of carbonyl (C=O) groups is 1. The van der Waals surface area contributed by atoms with E-state index in [1.165, 1.54) is 12.8 Å². The van der Waals surface area contributed by atoms with Crippen LogP contribution in [-0.2, 0) is 4.79 Å². The Morgan fingerprint density at radius 3 is 2.60 bits per heavy atom. The van der Waals surface area contributed by atoms with Crippen molar-refractivity contribution in [3.63, 3.8) is 0 Å². The Bertz CT molecular complexity index is 1090. The van der Waals surface area contributed by atoms with Gasteiger partial charge < -0.3 is 15.1 Å². The first-order chi connectivity index (χ1) is 16.8. The van der Waals surface area contributed by atoms with E-state index >= 15 is 0 Å². The molecule has 0 bridgehead atoms. The minimum atomic E-state index is -4.33. The number of rotatable bonds is 5. The number of nitrogens with one attached hydrogen (secondary N) is 1. The average Bonchev–Trinajstić information content (AvgIpc) is 3.69. The second kappa shape index (κ2) is 9.76. The Morgan fingerprint density at radius 1 is 1.14 bits per heavy atom. The van der Waals surface area contributed by atoms with Crippen LogP contribution in [0.3, 0.4) is 0 Å². The van der Waals surface area contributed by atoms with Crippen molar-refractivity contribution in [1.82, 2.24) is 15.2 Å². The van der Waals surface area contributed by atoms with Gasteiger partial charge in [-0.25, -0.2) is 0 Å². The fourth-order valence-corrected chi connectivity index (χ4v) is 5.62. The molecule has 3 aliphatic rings. The maximum Gasteiger partial charge on any atom is 0.393 e. The zero-order chi connectivity index (χ0) is 24.6. The Morgan fingerprint density at radius 2 is 1.91 bits per heavy atom. The second-order valence-corrected chi connectivity index (χ2v) is 10.1. The van der Waals surface area contributed by atoms with E-state index in [0.29, 0.717) is 23.8 Å². The van der Waals surface area contributed by atoms with Gasteiger partial charge in [-0.3, -0.25) is 14.8 Å². The summed E-state index contributed by atoms with van der Waals surface area (Å²) in [5.74, 6) is -1.74. The van der Waals surface area contributed by atoms with Gasteiger partial charge in [-0.1, -0.05) is 0 Å². The van der Waals surface area contributed by atoms with E-state index in [1.807, 2.05) is 18.2 Å². The highest BCUT2D eigenvalue weighted by Crippen LogP contribution is 2.37. The standard InChI is InChI=1S/C26H32F3N5O/c1-30-14-18-4-7-23(22-3-2-10-31-24(18)22)34-15-19(26(27,28)29)13-20(16-34)32-25(35)17-8-11-33(12-9-17)21-5-6-21/h2-4,7,10,14,17,19-21H,5-6,8-9,11-13,15-16H2,1H3,(H,32,35)/t19-,20+/m0/s1. The first-order valence-electron chi connectivity index (χ1n) is 12.5. The number of hydrogen-bond acceptors (Lipinski definition) is 5. The van der Waals surface area contributed by atoms with Crippen LogP contribution in [0.15, 0.2) is 35.5 Å². The molecular weight excluding hydrogens is 455 g/mol. The maximum atomic E-state index is 13.9. The molecule has 5 rings (SSSR count). The molecule has 6 nitrogen and oxygen atoms in total. The molecule has 2 saturated heterocycles. The Kier molecular flexibility index (Phi) is 6.70. The van der Waals surface area contributed by atoms with Gasteiger partial charge in [-0.15, -0.1) is 0 Å². The zero-order valence-electron chi connectivity index (χ0n) is 20.0. The molecule has 0 unspecified atom stereocenters. The monoisotopic (exact) mass is 487 g/mol. The van der Waals surface area contributed by atoms with E-state index in [4.69, 9.17) is 0 Å². The Balaban J connectivity index is 1.35. The van der Waals surface area contributed by atoms with Crippen molar-refractivity contribution in [3.8, 4) is 0 Å². The lowest BCUT2D eigenvalue weighted by Crippen LogP contribution is -2.55. The summed E-state index contributed by atoms with van der Waals surface area (Å²) in [4.78, 5) is 25.8. The lowest BCUT2D eigenvalue weighted by molar-refractivity contribution is -0.178. The number of hydrogen-bond donors (Lipinski definition) is 1. The molecule has 2 aromatic rings. The first-order valence-corrected chi connectivity index (χ1v) is 12.5. The van der Waals surface area contributed by atoms with E-state index in [9.17, 15) is 18.0 Å². The molecule has 1 aliphatic carbocycles. The van der Waals surface area contributed by atoms with Crippen LogP contribution in [0.4, 0.5) is 18.9 Å². The summed E-state index contributed by atoms with van der Waals surface area (Å²) in [6, 6.07) is 7.47. The largest absolute Gasteiger partial charge is 0.393 e. The summed E-state index contributed by atoms with van der Waals surface area (Å²) in [6.45, 7) is 2.00. The van der Waals surface area contributed by atoms with E-state index in [2.05, 4.69) is 20.2 Å². The molecule has 3 fully saturated rings. The van der Waals surface area contributed by atoms with Crippen LogP contribution in [0.25, 0.3) is 10.9 Å². The van der Waals surface area contributed by atoms with E-state index in [-0.39, 0.29) is 24.8 Å². The van der Waals surface area contributed by atoms with Crippen molar-refractivity contribution >= 4 is 28.7 Å². The van der Waals surface area contributed by atoms with Crippen LogP contribution < -0.4 is 10.2 Å². The molecule has 188 valence electrons. The number of piperidine rings is 2. The number of aliphatic imine (C=N–C) groups is 1. The van der Waals surface area contributed by atoms with Crippen LogP contribution in [0.5, 0.6) is 0 Å². The van der Waals surface area contributed by atoms with E-state index in [0.717, 1.165) is 36.9 Å². The number of amides is 1. The zero-order valence-corrected chi connectivity index (χ0v) is 20.0. The predicted molar refractivity (Wildman–Crippen MR) is 131 cm³/mol. The van der Waals surface area contributed by atoms with Crippen molar-refractivity contribution in [1.29, 1.82) is 0 Å². The topological polar surface area (TPSA) is 60.8 Å². The van der Waals surface area contributed by atoms with Gasteiger partial charge >= 0.3 is 6.18 Å². The molecule has 2 aliphatic heterocycles. The number of anilines is 1. The number of pyridine rings is 1. The number of benzene rings is 1. The number of aromatic nitrogens is 1. The van der Waals surface area contributed by atoms with Crippen LogP contribution in [0.2, 0.25) is 0 Å². The van der Waals surface area contributed by atoms with E-state index in [1.54, 1.807) is 30.4 Å². The third-order valence-corrected chi connectivity index (χ3v) is 7.61. The maximum absolute atomic E-state index is 13.9. The second-order valence-electron chi connectivity index (χ2n) is 10.1. The number of alkyl halides is 3. The lowest BCUT2D eigenvalue weighted by atomic mass is 9.90. The third kappa shape index (κ3) is 5.29. The summed E-state index contributed by atoms with van der Waals surface area (Å²) >= 11 is 0. The number of nitrogens with zero attached hydrogens (tertiary/aromatic N) is 4. The Labute approximate surface area is 203 Å². The van der Waals surface area contributed by atoms with Crippen LogP contribution in [0.1, 0.15) is 37.7 Å². The van der Waals surface area contributed by atoms with Gasteiger partial charge in [0.15, 0.2) is 0 Å².